The molecule has 0 heterocycles. The maximum atomic E-state index is 6.08. The van der Waals surface area contributed by atoms with Crippen LogP contribution in [0.25, 0.3) is 0 Å². The van der Waals surface area contributed by atoms with Crippen molar-refractivity contribution in [2.75, 3.05) is 13.7 Å². The van der Waals surface area contributed by atoms with Gasteiger partial charge in [0.05, 0.1) is 25.4 Å². The Balaban J connectivity index is 2.80. The van der Waals surface area contributed by atoms with E-state index in [1.54, 1.807) is 13.2 Å². The standard InChI is InChI=1S/C13H20ClNO2/c1-13(2,3)17-8-11(15)10-7-9(14)5-6-12(10)16-4/h5-7,11H,8,15H2,1-4H3. The summed E-state index contributed by atoms with van der Waals surface area (Å²) in [6.45, 7) is 6.42. The van der Waals surface area contributed by atoms with Crippen molar-refractivity contribution in [2.24, 2.45) is 5.73 Å². The average Bonchev–Trinajstić information content (AvgIpc) is 2.25. The highest BCUT2D eigenvalue weighted by atomic mass is 35.5. The van der Waals surface area contributed by atoms with E-state index in [-0.39, 0.29) is 11.6 Å². The van der Waals surface area contributed by atoms with Crippen LogP contribution in [-0.4, -0.2) is 19.3 Å². The maximum absolute atomic E-state index is 6.08. The Hall–Kier alpha value is -0.770. The highest BCUT2D eigenvalue weighted by molar-refractivity contribution is 6.30. The summed E-state index contributed by atoms with van der Waals surface area (Å²) in [6, 6.07) is 5.16. The highest BCUT2D eigenvalue weighted by Gasteiger charge is 2.17. The molecule has 0 bridgehead atoms. The van der Waals surface area contributed by atoms with Crippen LogP contribution in [-0.2, 0) is 4.74 Å². The van der Waals surface area contributed by atoms with E-state index >= 15 is 0 Å². The van der Waals surface area contributed by atoms with Crippen molar-refractivity contribution >= 4 is 11.6 Å². The van der Waals surface area contributed by atoms with Crippen molar-refractivity contribution in [3.63, 3.8) is 0 Å². The fourth-order valence-corrected chi connectivity index (χ4v) is 1.61. The van der Waals surface area contributed by atoms with E-state index in [4.69, 9.17) is 26.8 Å². The molecule has 96 valence electrons. The smallest absolute Gasteiger partial charge is 0.123 e. The third kappa shape index (κ3) is 4.54. The molecule has 0 spiro atoms. The van der Waals surface area contributed by atoms with Gasteiger partial charge in [0.1, 0.15) is 5.75 Å². The molecule has 1 aromatic rings. The van der Waals surface area contributed by atoms with Crippen molar-refractivity contribution in [1.29, 1.82) is 0 Å². The van der Waals surface area contributed by atoms with Crippen LogP contribution in [0.5, 0.6) is 5.75 Å². The van der Waals surface area contributed by atoms with Crippen LogP contribution in [0.3, 0.4) is 0 Å². The predicted octanol–water partition coefficient (Wildman–Crippen LogP) is 3.16. The largest absolute Gasteiger partial charge is 0.496 e. The van der Waals surface area contributed by atoms with E-state index in [0.717, 1.165) is 11.3 Å². The maximum Gasteiger partial charge on any atom is 0.123 e. The molecule has 1 atom stereocenters. The van der Waals surface area contributed by atoms with Crippen molar-refractivity contribution in [3.8, 4) is 5.75 Å². The van der Waals surface area contributed by atoms with E-state index in [9.17, 15) is 0 Å². The van der Waals surface area contributed by atoms with Gasteiger partial charge in [-0.05, 0) is 39.0 Å². The molecule has 0 radical (unpaired) electrons. The van der Waals surface area contributed by atoms with Gasteiger partial charge < -0.3 is 15.2 Å². The lowest BCUT2D eigenvalue weighted by molar-refractivity contribution is -0.0104. The van der Waals surface area contributed by atoms with Crippen molar-refractivity contribution in [1.82, 2.24) is 0 Å². The van der Waals surface area contributed by atoms with Gasteiger partial charge in [0, 0.05) is 10.6 Å². The van der Waals surface area contributed by atoms with Crippen LogP contribution >= 0.6 is 11.6 Å². The summed E-state index contributed by atoms with van der Waals surface area (Å²) in [7, 11) is 1.62. The number of methoxy groups -OCH3 is 1. The van der Waals surface area contributed by atoms with E-state index in [1.807, 2.05) is 32.9 Å². The summed E-state index contributed by atoms with van der Waals surface area (Å²) < 4.78 is 10.9. The Morgan fingerprint density at radius 2 is 2.00 bits per heavy atom. The fourth-order valence-electron chi connectivity index (χ4n) is 1.42. The first-order valence-electron chi connectivity index (χ1n) is 5.56. The van der Waals surface area contributed by atoms with Crippen LogP contribution in [0.2, 0.25) is 5.02 Å². The molecule has 0 saturated carbocycles. The first kappa shape index (κ1) is 14.3. The third-order valence-corrected chi connectivity index (χ3v) is 2.52. The van der Waals surface area contributed by atoms with Gasteiger partial charge in [-0.2, -0.15) is 0 Å². The Morgan fingerprint density at radius 1 is 1.35 bits per heavy atom. The topological polar surface area (TPSA) is 44.5 Å². The second-order valence-electron chi connectivity index (χ2n) is 4.92. The van der Waals surface area contributed by atoms with E-state index in [1.165, 1.54) is 0 Å². The molecular formula is C13H20ClNO2. The minimum absolute atomic E-state index is 0.205. The van der Waals surface area contributed by atoms with E-state index in [0.29, 0.717) is 11.6 Å². The molecule has 2 N–H and O–H groups in total. The van der Waals surface area contributed by atoms with E-state index < -0.39 is 0 Å². The Kier molecular flexibility index (Phi) is 4.80. The summed E-state index contributed by atoms with van der Waals surface area (Å²) >= 11 is 5.96. The van der Waals surface area contributed by atoms with Crippen molar-refractivity contribution in [3.05, 3.63) is 28.8 Å². The molecule has 3 nitrogen and oxygen atoms in total. The predicted molar refractivity (Wildman–Crippen MR) is 70.6 cm³/mol. The number of hydrogen-bond donors (Lipinski definition) is 1. The van der Waals surface area contributed by atoms with Crippen LogP contribution in [0.1, 0.15) is 32.4 Å². The minimum atomic E-state index is -0.247. The summed E-state index contributed by atoms with van der Waals surface area (Å²) in [5.74, 6) is 0.736. The molecule has 0 aliphatic carbocycles. The molecule has 0 fully saturated rings. The Bertz CT molecular complexity index is 374. The molecule has 4 heteroatoms. The number of hydrogen-bond acceptors (Lipinski definition) is 3. The van der Waals surface area contributed by atoms with Crippen LogP contribution < -0.4 is 10.5 Å². The van der Waals surface area contributed by atoms with Crippen LogP contribution in [0.15, 0.2) is 18.2 Å². The zero-order valence-corrected chi connectivity index (χ0v) is 11.5. The van der Waals surface area contributed by atoms with Crippen LogP contribution in [0.4, 0.5) is 0 Å². The van der Waals surface area contributed by atoms with Crippen molar-refractivity contribution < 1.29 is 9.47 Å². The molecular weight excluding hydrogens is 238 g/mol. The number of benzene rings is 1. The number of nitrogens with two attached hydrogens (primary N) is 1. The lowest BCUT2D eigenvalue weighted by Crippen LogP contribution is -2.26. The number of halogens is 1. The Morgan fingerprint density at radius 3 is 2.53 bits per heavy atom. The molecule has 0 aromatic heterocycles. The zero-order chi connectivity index (χ0) is 13.1. The second-order valence-corrected chi connectivity index (χ2v) is 5.35. The molecule has 1 unspecified atom stereocenters. The van der Waals surface area contributed by atoms with Gasteiger partial charge in [-0.1, -0.05) is 11.6 Å². The van der Waals surface area contributed by atoms with Crippen LogP contribution in [0, 0.1) is 0 Å². The SMILES string of the molecule is COc1ccc(Cl)cc1C(N)COC(C)(C)C. The molecule has 0 aliphatic heterocycles. The quantitative estimate of drug-likeness (QED) is 0.901. The third-order valence-electron chi connectivity index (χ3n) is 2.29. The monoisotopic (exact) mass is 257 g/mol. The van der Waals surface area contributed by atoms with E-state index in [2.05, 4.69) is 0 Å². The molecule has 17 heavy (non-hydrogen) atoms. The molecule has 1 rings (SSSR count). The first-order valence-corrected chi connectivity index (χ1v) is 5.94. The van der Waals surface area contributed by atoms with Gasteiger partial charge in [0.25, 0.3) is 0 Å². The normalized spacial score (nSPS) is 13.5. The Labute approximate surface area is 108 Å². The van der Waals surface area contributed by atoms with Gasteiger partial charge in [0.2, 0.25) is 0 Å². The van der Waals surface area contributed by atoms with Gasteiger partial charge in [-0.25, -0.2) is 0 Å². The summed E-state index contributed by atoms with van der Waals surface area (Å²) in [6.07, 6.45) is 0. The average molecular weight is 258 g/mol. The first-order chi connectivity index (χ1) is 7.83. The van der Waals surface area contributed by atoms with Gasteiger partial charge in [-0.15, -0.1) is 0 Å². The minimum Gasteiger partial charge on any atom is -0.496 e. The lowest BCUT2D eigenvalue weighted by Gasteiger charge is -2.23. The highest BCUT2D eigenvalue weighted by Crippen LogP contribution is 2.28. The summed E-state index contributed by atoms with van der Waals surface area (Å²) in [4.78, 5) is 0. The summed E-state index contributed by atoms with van der Waals surface area (Å²) in [5, 5.41) is 0.645. The number of rotatable bonds is 4. The van der Waals surface area contributed by atoms with Gasteiger partial charge in [0.15, 0.2) is 0 Å². The molecule has 0 amide bonds. The lowest BCUT2D eigenvalue weighted by atomic mass is 10.1. The summed E-state index contributed by atoms with van der Waals surface area (Å²) in [5.41, 5.74) is 6.74. The van der Waals surface area contributed by atoms with Gasteiger partial charge >= 0.3 is 0 Å². The fraction of sp³-hybridized carbons (Fsp3) is 0.538. The zero-order valence-electron chi connectivity index (χ0n) is 10.8. The molecule has 0 aliphatic rings. The molecule has 1 aromatic carbocycles. The van der Waals surface area contributed by atoms with Gasteiger partial charge in [-0.3, -0.25) is 0 Å². The number of ether oxygens (including phenoxy) is 2. The molecule has 0 saturated heterocycles. The van der Waals surface area contributed by atoms with Crippen molar-refractivity contribution in [2.45, 2.75) is 32.4 Å². The second kappa shape index (κ2) is 5.71.